The van der Waals surface area contributed by atoms with E-state index in [0.717, 1.165) is 0 Å². The van der Waals surface area contributed by atoms with Crippen LogP contribution >= 0.6 is 0 Å². The number of cyclic esters (lactones) is 1. The summed E-state index contributed by atoms with van der Waals surface area (Å²) in [5.74, 6) is -0.122. The van der Waals surface area contributed by atoms with Gasteiger partial charge in [-0.2, -0.15) is 0 Å². The molecule has 3 aromatic rings. The molecule has 6 rings (SSSR count). The average molecular weight is 524 g/mol. The average Bonchev–Trinajstić information content (AvgIpc) is 3.49. The second kappa shape index (κ2) is 9.69. The van der Waals surface area contributed by atoms with E-state index in [-0.39, 0.29) is 37.3 Å². The molecular formula is C26H26FN5O6. The fraction of sp³-hybridized carbons (Fsp3) is 0.385. The third-order valence-electron chi connectivity index (χ3n) is 7.26. The predicted octanol–water partition coefficient (Wildman–Crippen LogP) is 2.02. The van der Waals surface area contributed by atoms with E-state index in [4.69, 9.17) is 9.47 Å². The molecule has 2 amide bonds. The molecule has 38 heavy (non-hydrogen) atoms. The number of anilines is 2. The Bertz CT molecular complexity index is 1490. The number of carbonyl (C=O) groups is 2. The maximum atomic E-state index is 15.0. The predicted molar refractivity (Wildman–Crippen MR) is 135 cm³/mol. The number of carbonyl (C=O) groups excluding carboxylic acids is 2. The number of benzene rings is 2. The molecule has 0 unspecified atom stereocenters. The molecule has 1 aromatic heterocycles. The Balaban J connectivity index is 1.12. The SMILES string of the molecule is O=C1COc2ccc(N3C[C@@H](CCCN(CCO)[C@@H]4Cn5c(=O)cnc6ccc(F)c4c65)OC3=O)cc2N1. The highest BCUT2D eigenvalue weighted by Gasteiger charge is 2.35. The number of halogens is 1. The number of aliphatic hydroxyl groups excluding tert-OH is 1. The lowest BCUT2D eigenvalue weighted by Crippen LogP contribution is -2.34. The number of ether oxygens (including phenoxy) is 2. The molecule has 1 fully saturated rings. The van der Waals surface area contributed by atoms with Crippen LogP contribution in [0, 0.1) is 5.82 Å². The molecule has 0 bridgehead atoms. The zero-order chi connectivity index (χ0) is 26.4. The summed E-state index contributed by atoms with van der Waals surface area (Å²) in [5.41, 5.74) is 2.28. The minimum Gasteiger partial charge on any atom is -0.482 e. The van der Waals surface area contributed by atoms with Crippen molar-refractivity contribution in [3.05, 3.63) is 58.3 Å². The van der Waals surface area contributed by atoms with Crippen LogP contribution in [0.3, 0.4) is 0 Å². The van der Waals surface area contributed by atoms with Crippen LogP contribution in [-0.4, -0.2) is 70.5 Å². The second-order valence-electron chi connectivity index (χ2n) is 9.59. The lowest BCUT2D eigenvalue weighted by Gasteiger charge is -2.29. The van der Waals surface area contributed by atoms with Gasteiger partial charge in [-0.25, -0.2) is 14.2 Å². The highest BCUT2D eigenvalue weighted by Crippen LogP contribution is 2.37. The van der Waals surface area contributed by atoms with Crippen molar-refractivity contribution in [2.45, 2.75) is 31.5 Å². The highest BCUT2D eigenvalue weighted by molar-refractivity contribution is 5.97. The lowest BCUT2D eigenvalue weighted by molar-refractivity contribution is -0.118. The molecule has 0 spiro atoms. The van der Waals surface area contributed by atoms with Crippen LogP contribution in [0.4, 0.5) is 20.6 Å². The number of hydrogen-bond donors (Lipinski definition) is 2. The summed E-state index contributed by atoms with van der Waals surface area (Å²) in [6, 6.07) is 7.64. The maximum absolute atomic E-state index is 15.0. The van der Waals surface area contributed by atoms with Crippen LogP contribution in [0.15, 0.2) is 41.3 Å². The number of rotatable bonds is 8. The van der Waals surface area contributed by atoms with Crippen molar-refractivity contribution in [3.8, 4) is 5.75 Å². The minimum absolute atomic E-state index is 0.0458. The van der Waals surface area contributed by atoms with Crippen LogP contribution in [-0.2, 0) is 16.1 Å². The summed E-state index contributed by atoms with van der Waals surface area (Å²) in [5, 5.41) is 12.4. The van der Waals surface area contributed by atoms with Gasteiger partial charge in [-0.15, -0.1) is 0 Å². The van der Waals surface area contributed by atoms with Gasteiger partial charge in [-0.05, 0) is 49.7 Å². The Kier molecular flexibility index (Phi) is 6.20. The van der Waals surface area contributed by atoms with Crippen LogP contribution in [0.5, 0.6) is 5.75 Å². The van der Waals surface area contributed by atoms with Gasteiger partial charge >= 0.3 is 6.09 Å². The summed E-state index contributed by atoms with van der Waals surface area (Å²) in [7, 11) is 0. The number of nitrogens with zero attached hydrogens (tertiary/aromatic N) is 4. The molecular weight excluding hydrogens is 497 g/mol. The van der Waals surface area contributed by atoms with E-state index in [9.17, 15) is 23.9 Å². The third-order valence-corrected chi connectivity index (χ3v) is 7.26. The largest absolute Gasteiger partial charge is 0.482 e. The van der Waals surface area contributed by atoms with E-state index in [1.54, 1.807) is 28.8 Å². The Labute approximate surface area is 216 Å². The van der Waals surface area contributed by atoms with Crippen LogP contribution in [0.25, 0.3) is 11.0 Å². The van der Waals surface area contributed by atoms with Gasteiger partial charge in [0, 0.05) is 24.3 Å². The lowest BCUT2D eigenvalue weighted by atomic mass is 10.0. The summed E-state index contributed by atoms with van der Waals surface area (Å²) >= 11 is 0. The molecule has 0 saturated carbocycles. The van der Waals surface area contributed by atoms with Gasteiger partial charge in [0.15, 0.2) is 6.61 Å². The summed E-state index contributed by atoms with van der Waals surface area (Å²) in [6.45, 7) is 1.26. The molecule has 0 aliphatic carbocycles. The molecule has 2 N–H and O–H groups in total. The second-order valence-corrected chi connectivity index (χ2v) is 9.59. The van der Waals surface area contributed by atoms with Gasteiger partial charge in [0.25, 0.3) is 11.5 Å². The van der Waals surface area contributed by atoms with E-state index in [1.807, 2.05) is 4.90 Å². The smallest absolute Gasteiger partial charge is 0.414 e. The van der Waals surface area contributed by atoms with E-state index in [1.165, 1.54) is 17.2 Å². The van der Waals surface area contributed by atoms with Crippen LogP contribution in [0.2, 0.25) is 0 Å². The number of aliphatic hydroxyl groups is 1. The van der Waals surface area contributed by atoms with Gasteiger partial charge in [-0.1, -0.05) is 0 Å². The standard InChI is InChI=1S/C26H26FN5O6/c27-17-4-5-18-25-24(17)20(13-32(25)23(35)11-28-18)30(8-9-33)7-1-2-16-12-31(26(36)38-16)15-3-6-21-19(10-15)29-22(34)14-37-21/h3-6,10-11,16,20,33H,1-2,7-9,12-14H2,(H,29,34)/t16-,20-/m1/s1. The van der Waals surface area contributed by atoms with Crippen molar-refractivity contribution in [1.82, 2.24) is 14.5 Å². The first-order valence-electron chi connectivity index (χ1n) is 12.5. The van der Waals surface area contributed by atoms with Crippen molar-refractivity contribution < 1.29 is 28.6 Å². The first-order chi connectivity index (χ1) is 18.4. The Morgan fingerprint density at radius 1 is 1.16 bits per heavy atom. The van der Waals surface area contributed by atoms with Crippen molar-refractivity contribution in [2.75, 3.05) is 43.1 Å². The molecule has 4 heterocycles. The zero-order valence-electron chi connectivity index (χ0n) is 20.4. The topological polar surface area (TPSA) is 126 Å². The van der Waals surface area contributed by atoms with Crippen LogP contribution in [0.1, 0.15) is 24.4 Å². The van der Waals surface area contributed by atoms with E-state index in [0.29, 0.717) is 66.2 Å². The Morgan fingerprint density at radius 2 is 2.03 bits per heavy atom. The zero-order valence-corrected chi connectivity index (χ0v) is 20.4. The maximum Gasteiger partial charge on any atom is 0.414 e. The summed E-state index contributed by atoms with van der Waals surface area (Å²) in [6.07, 6.45) is 1.59. The molecule has 198 valence electrons. The molecule has 2 aromatic carbocycles. The summed E-state index contributed by atoms with van der Waals surface area (Å²) in [4.78, 5) is 44.3. The molecule has 0 radical (unpaired) electrons. The normalized spacial score (nSPS) is 20.0. The quantitative estimate of drug-likeness (QED) is 0.459. The fourth-order valence-electron chi connectivity index (χ4n) is 5.52. The number of amides is 2. The minimum atomic E-state index is -0.475. The van der Waals surface area contributed by atoms with Crippen molar-refractivity contribution in [2.24, 2.45) is 0 Å². The molecule has 1 saturated heterocycles. The third kappa shape index (κ3) is 4.25. The van der Waals surface area contributed by atoms with Crippen LogP contribution < -0.4 is 20.5 Å². The Morgan fingerprint density at radius 3 is 2.87 bits per heavy atom. The van der Waals surface area contributed by atoms with E-state index in [2.05, 4.69) is 10.3 Å². The highest BCUT2D eigenvalue weighted by atomic mass is 19.1. The molecule has 3 aliphatic heterocycles. The van der Waals surface area contributed by atoms with Crippen molar-refractivity contribution in [1.29, 1.82) is 0 Å². The van der Waals surface area contributed by atoms with Gasteiger partial charge in [0.1, 0.15) is 17.7 Å². The van der Waals surface area contributed by atoms with Gasteiger partial charge < -0.3 is 24.5 Å². The summed E-state index contributed by atoms with van der Waals surface area (Å²) < 4.78 is 27.4. The first-order valence-corrected chi connectivity index (χ1v) is 12.5. The first kappa shape index (κ1) is 24.3. The molecule has 3 aliphatic rings. The molecule has 11 nitrogen and oxygen atoms in total. The monoisotopic (exact) mass is 523 g/mol. The van der Waals surface area contributed by atoms with Gasteiger partial charge in [0.05, 0.1) is 42.1 Å². The number of aromatic nitrogens is 2. The van der Waals surface area contributed by atoms with Crippen molar-refractivity contribution in [3.63, 3.8) is 0 Å². The van der Waals surface area contributed by atoms with Gasteiger partial charge in [-0.3, -0.25) is 19.4 Å². The van der Waals surface area contributed by atoms with E-state index < -0.39 is 18.0 Å². The number of hydrogen-bond acceptors (Lipinski definition) is 8. The number of fused-ring (bicyclic) bond motifs is 1. The number of nitrogens with one attached hydrogen (secondary N) is 1. The van der Waals surface area contributed by atoms with E-state index >= 15 is 0 Å². The van der Waals surface area contributed by atoms with Gasteiger partial charge in [0.2, 0.25) is 0 Å². The molecule has 12 heteroatoms. The molecule has 2 atom stereocenters. The Hall–Kier alpha value is -4.03. The van der Waals surface area contributed by atoms with Crippen molar-refractivity contribution >= 4 is 34.4 Å². The fourth-order valence-corrected chi connectivity index (χ4v) is 5.52.